The third kappa shape index (κ3) is 6.57. The van der Waals surface area contributed by atoms with Crippen molar-refractivity contribution < 1.29 is 13.2 Å². The Hall–Kier alpha value is -1.86. The number of nitrogens with zero attached hydrogens (tertiary/aromatic N) is 4. The van der Waals surface area contributed by atoms with Crippen LogP contribution in [0.5, 0.6) is 0 Å². The van der Waals surface area contributed by atoms with Crippen molar-refractivity contribution in [2.24, 2.45) is 5.92 Å². The molecule has 1 fully saturated rings. The van der Waals surface area contributed by atoms with Crippen LogP contribution in [0.15, 0.2) is 36.7 Å². The van der Waals surface area contributed by atoms with Gasteiger partial charge in [-0.25, -0.2) is 0 Å². The molecule has 0 radical (unpaired) electrons. The second-order valence-corrected chi connectivity index (χ2v) is 8.16. The average Bonchev–Trinajstić information content (AvgIpc) is 3.13. The van der Waals surface area contributed by atoms with Gasteiger partial charge < -0.3 is 9.80 Å². The minimum atomic E-state index is -4.27. The van der Waals surface area contributed by atoms with Gasteiger partial charge in [-0.2, -0.15) is 18.3 Å². The van der Waals surface area contributed by atoms with Crippen molar-refractivity contribution in [1.82, 2.24) is 19.6 Å². The number of aryl methyl sites for hydroxylation is 1. The summed E-state index contributed by atoms with van der Waals surface area (Å²) in [4.78, 5) is 4.75. The number of likely N-dealkylation sites (tertiary alicyclic amines) is 1. The number of rotatable bonds is 8. The number of hydrogen-bond donors (Lipinski definition) is 0. The van der Waals surface area contributed by atoms with Gasteiger partial charge in [0, 0.05) is 44.5 Å². The number of aromatic nitrogens is 2. The van der Waals surface area contributed by atoms with Crippen LogP contribution in [0, 0.1) is 5.92 Å². The Labute approximate surface area is 171 Å². The fraction of sp³-hybridized carbons (Fsp3) is 0.591. The molecule has 29 heavy (non-hydrogen) atoms. The van der Waals surface area contributed by atoms with Gasteiger partial charge in [-0.15, -0.1) is 0 Å². The number of halogens is 3. The van der Waals surface area contributed by atoms with E-state index in [2.05, 4.69) is 35.1 Å². The minimum Gasteiger partial charge on any atom is -0.303 e. The Bertz CT molecular complexity index is 771. The van der Waals surface area contributed by atoms with Gasteiger partial charge in [0.25, 0.3) is 0 Å². The summed E-state index contributed by atoms with van der Waals surface area (Å²) in [5.41, 5.74) is 1.43. The predicted octanol–water partition coefficient (Wildman–Crippen LogP) is 4.31. The van der Waals surface area contributed by atoms with E-state index in [1.54, 1.807) is 6.07 Å². The van der Waals surface area contributed by atoms with Gasteiger partial charge in [-0.1, -0.05) is 18.2 Å². The van der Waals surface area contributed by atoms with Gasteiger partial charge >= 0.3 is 6.18 Å². The molecule has 3 rings (SSSR count). The molecule has 1 aromatic heterocycles. The van der Waals surface area contributed by atoms with Crippen LogP contribution in [0.4, 0.5) is 13.2 Å². The molecule has 0 aliphatic carbocycles. The molecule has 0 N–H and O–H groups in total. The third-order valence-electron chi connectivity index (χ3n) is 5.61. The molecule has 1 saturated heterocycles. The van der Waals surface area contributed by atoms with E-state index in [4.69, 9.17) is 0 Å². The molecular weight excluding hydrogens is 377 g/mol. The summed E-state index contributed by atoms with van der Waals surface area (Å²) in [7, 11) is 2.14. The molecule has 2 aromatic rings. The lowest BCUT2D eigenvalue weighted by molar-refractivity contribution is -0.137. The van der Waals surface area contributed by atoms with Gasteiger partial charge in [0.05, 0.1) is 11.8 Å². The highest BCUT2D eigenvalue weighted by atomic mass is 19.4. The highest BCUT2D eigenvalue weighted by molar-refractivity contribution is 5.25. The van der Waals surface area contributed by atoms with Crippen LogP contribution in [0.3, 0.4) is 0 Å². The first-order chi connectivity index (χ1) is 13.8. The van der Waals surface area contributed by atoms with Crippen LogP contribution in [0.2, 0.25) is 0 Å². The van der Waals surface area contributed by atoms with E-state index in [-0.39, 0.29) is 0 Å². The second kappa shape index (κ2) is 9.76. The Kier molecular flexibility index (Phi) is 7.35. The summed E-state index contributed by atoms with van der Waals surface area (Å²) in [5, 5.41) is 4.33. The summed E-state index contributed by atoms with van der Waals surface area (Å²) >= 11 is 0. The molecular formula is C22H31F3N4. The van der Waals surface area contributed by atoms with Gasteiger partial charge in [0.1, 0.15) is 0 Å². The highest BCUT2D eigenvalue weighted by Gasteiger charge is 2.30. The molecule has 160 valence electrons. The smallest absolute Gasteiger partial charge is 0.303 e. The lowest BCUT2D eigenvalue weighted by atomic mass is 9.97. The Morgan fingerprint density at radius 2 is 2.07 bits per heavy atom. The first kappa shape index (κ1) is 21.8. The zero-order chi connectivity index (χ0) is 20.9. The zero-order valence-corrected chi connectivity index (χ0v) is 17.3. The van der Waals surface area contributed by atoms with Crippen LogP contribution in [-0.2, 0) is 25.7 Å². The first-order valence-electron chi connectivity index (χ1n) is 10.4. The number of piperidine rings is 1. The number of alkyl halides is 3. The molecule has 1 atom stereocenters. The maximum Gasteiger partial charge on any atom is 0.416 e. The molecule has 0 unspecified atom stereocenters. The van der Waals surface area contributed by atoms with Crippen LogP contribution in [0.1, 0.15) is 36.5 Å². The second-order valence-electron chi connectivity index (χ2n) is 8.16. The maximum absolute atomic E-state index is 12.9. The van der Waals surface area contributed by atoms with Gasteiger partial charge in [0.15, 0.2) is 0 Å². The molecule has 1 aliphatic heterocycles. The van der Waals surface area contributed by atoms with Crippen molar-refractivity contribution in [2.45, 2.75) is 45.5 Å². The van der Waals surface area contributed by atoms with Crippen LogP contribution in [-0.4, -0.2) is 52.8 Å². The number of benzene rings is 1. The molecule has 0 amide bonds. The van der Waals surface area contributed by atoms with E-state index in [9.17, 15) is 13.2 Å². The van der Waals surface area contributed by atoms with Gasteiger partial charge in [-0.05, 0) is 57.3 Å². The maximum atomic E-state index is 12.9. The first-order valence-corrected chi connectivity index (χ1v) is 10.4. The van der Waals surface area contributed by atoms with Gasteiger partial charge in [0.2, 0.25) is 0 Å². The van der Waals surface area contributed by atoms with Crippen LogP contribution >= 0.6 is 0 Å². The summed E-state index contributed by atoms with van der Waals surface area (Å²) < 4.78 is 40.6. The highest BCUT2D eigenvalue weighted by Crippen LogP contribution is 2.29. The van der Waals surface area contributed by atoms with Crippen LogP contribution < -0.4 is 0 Å². The Balaban J connectivity index is 1.46. The lowest BCUT2D eigenvalue weighted by Crippen LogP contribution is -2.40. The summed E-state index contributed by atoms with van der Waals surface area (Å²) in [5.74, 6) is 0.594. The molecule has 4 nitrogen and oxygen atoms in total. The normalized spacial score (nSPS) is 18.5. The van der Waals surface area contributed by atoms with Crippen molar-refractivity contribution in [3.05, 3.63) is 53.3 Å². The van der Waals surface area contributed by atoms with Crippen molar-refractivity contribution in [3.63, 3.8) is 0 Å². The fourth-order valence-electron chi connectivity index (χ4n) is 4.17. The Morgan fingerprint density at radius 3 is 2.79 bits per heavy atom. The van der Waals surface area contributed by atoms with E-state index in [1.807, 2.05) is 10.9 Å². The van der Waals surface area contributed by atoms with Crippen molar-refractivity contribution in [2.75, 3.05) is 33.2 Å². The van der Waals surface area contributed by atoms with E-state index in [0.29, 0.717) is 12.3 Å². The quantitative estimate of drug-likeness (QED) is 0.651. The minimum absolute atomic E-state index is 0.556. The largest absolute Gasteiger partial charge is 0.416 e. The Morgan fingerprint density at radius 1 is 1.24 bits per heavy atom. The lowest BCUT2D eigenvalue weighted by Gasteiger charge is -2.34. The molecule has 0 spiro atoms. The summed E-state index contributed by atoms with van der Waals surface area (Å²) in [6.07, 6.45) is 2.77. The number of hydrogen-bond acceptors (Lipinski definition) is 3. The third-order valence-corrected chi connectivity index (χ3v) is 5.61. The fourth-order valence-corrected chi connectivity index (χ4v) is 4.17. The molecule has 0 saturated carbocycles. The average molecular weight is 409 g/mol. The van der Waals surface area contributed by atoms with E-state index >= 15 is 0 Å². The zero-order valence-electron chi connectivity index (χ0n) is 17.3. The van der Waals surface area contributed by atoms with Crippen LogP contribution in [0.25, 0.3) is 0 Å². The molecule has 1 aliphatic rings. The summed E-state index contributed by atoms with van der Waals surface area (Å²) in [6, 6.07) is 5.72. The van der Waals surface area contributed by atoms with E-state index in [0.717, 1.165) is 57.3 Å². The van der Waals surface area contributed by atoms with E-state index in [1.165, 1.54) is 24.1 Å². The standard InChI is InChI=1S/C22H31F3N4/c1-3-29-17-20(13-26-29)15-27(2)14-19-7-5-10-28(16-19)11-9-18-6-4-8-21(12-18)22(23,24)25/h4,6,8,12-13,17,19H,3,5,7,9-11,14-16H2,1-2H3/t19-/m0/s1. The SMILES string of the molecule is CCn1cc(CN(C)C[C@@H]2CCCN(CCc3cccc(C(F)(F)F)c3)C2)cn1. The molecule has 0 bridgehead atoms. The molecule has 2 heterocycles. The van der Waals surface area contributed by atoms with Crippen molar-refractivity contribution in [3.8, 4) is 0 Å². The molecule has 7 heteroatoms. The van der Waals surface area contributed by atoms with Gasteiger partial charge in [-0.3, -0.25) is 4.68 Å². The van der Waals surface area contributed by atoms with E-state index < -0.39 is 11.7 Å². The monoisotopic (exact) mass is 408 g/mol. The topological polar surface area (TPSA) is 24.3 Å². The molecule has 1 aromatic carbocycles. The predicted molar refractivity (Wildman–Crippen MR) is 109 cm³/mol. The summed E-state index contributed by atoms with van der Waals surface area (Å²) in [6.45, 7) is 7.73. The van der Waals surface area contributed by atoms with Crippen molar-refractivity contribution >= 4 is 0 Å². The van der Waals surface area contributed by atoms with Crippen molar-refractivity contribution in [1.29, 1.82) is 0 Å².